The highest BCUT2D eigenvalue weighted by Crippen LogP contribution is 2.28. The lowest BCUT2D eigenvalue weighted by Gasteiger charge is -2.19. The van der Waals surface area contributed by atoms with E-state index >= 15 is 0 Å². The molecule has 0 spiro atoms. The predicted molar refractivity (Wildman–Crippen MR) is 74.8 cm³/mol. The van der Waals surface area contributed by atoms with E-state index in [0.29, 0.717) is 5.92 Å². The molecule has 1 nitrogen and oxygen atoms in total. The van der Waals surface area contributed by atoms with Crippen LogP contribution in [0.1, 0.15) is 51.2 Å². The second kappa shape index (κ2) is 5.33. The maximum atomic E-state index is 6.03. The predicted octanol–water partition coefficient (Wildman–Crippen LogP) is 4.24. The third kappa shape index (κ3) is 3.91. The topological polar surface area (TPSA) is 26.0 Å². The summed E-state index contributed by atoms with van der Waals surface area (Å²) < 4.78 is 1.21. The summed E-state index contributed by atoms with van der Waals surface area (Å²) in [5.74, 6) is 0.606. The van der Waals surface area contributed by atoms with E-state index in [0.717, 1.165) is 6.42 Å². The van der Waals surface area contributed by atoms with Gasteiger partial charge in [-0.1, -0.05) is 41.9 Å². The molecular weight excluding hydrogens is 262 g/mol. The average molecular weight is 284 g/mol. The average Bonchev–Trinajstić information content (AvgIpc) is 2.14. The van der Waals surface area contributed by atoms with Gasteiger partial charge in [0.05, 0.1) is 0 Å². The van der Waals surface area contributed by atoms with Crippen molar-refractivity contribution in [3.63, 3.8) is 0 Å². The van der Waals surface area contributed by atoms with E-state index in [9.17, 15) is 0 Å². The first-order chi connectivity index (χ1) is 7.33. The quantitative estimate of drug-likeness (QED) is 0.879. The molecule has 1 aromatic carbocycles. The van der Waals surface area contributed by atoms with Crippen LogP contribution in [0, 0.1) is 0 Å². The van der Waals surface area contributed by atoms with Crippen LogP contribution in [-0.2, 0) is 6.42 Å². The van der Waals surface area contributed by atoms with E-state index in [2.05, 4.69) is 61.8 Å². The highest BCUT2D eigenvalue weighted by Gasteiger charge is 2.13. The molecule has 90 valence electrons. The Morgan fingerprint density at radius 3 is 2.44 bits per heavy atom. The van der Waals surface area contributed by atoms with Gasteiger partial charge in [-0.2, -0.15) is 0 Å². The minimum atomic E-state index is -0.142. The summed E-state index contributed by atoms with van der Waals surface area (Å²) in [6, 6.07) is 6.62. The Morgan fingerprint density at radius 1 is 1.38 bits per heavy atom. The van der Waals surface area contributed by atoms with Crippen LogP contribution in [0.2, 0.25) is 0 Å². The first-order valence-electron chi connectivity index (χ1n) is 5.90. The third-order valence-corrected chi connectivity index (χ3v) is 3.55. The summed E-state index contributed by atoms with van der Waals surface area (Å²) in [6.45, 7) is 8.59. The fourth-order valence-corrected chi connectivity index (χ4v) is 2.64. The summed E-state index contributed by atoms with van der Waals surface area (Å²) in [5.41, 5.74) is 8.57. The van der Waals surface area contributed by atoms with E-state index in [4.69, 9.17) is 5.73 Å². The second-order valence-corrected chi connectivity index (χ2v) is 6.18. The molecule has 0 aromatic heterocycles. The number of nitrogens with two attached hydrogens (primary N) is 1. The Balaban J connectivity index is 2.91. The van der Waals surface area contributed by atoms with Crippen LogP contribution in [0.15, 0.2) is 22.7 Å². The number of hydrogen-bond donors (Lipinski definition) is 1. The van der Waals surface area contributed by atoms with Crippen molar-refractivity contribution in [2.45, 2.75) is 52.0 Å². The molecule has 0 fully saturated rings. The Bertz CT molecular complexity index is 352. The van der Waals surface area contributed by atoms with Gasteiger partial charge in [0.1, 0.15) is 0 Å². The lowest BCUT2D eigenvalue weighted by Crippen LogP contribution is -2.34. The molecule has 0 saturated heterocycles. The van der Waals surface area contributed by atoms with Crippen molar-refractivity contribution in [3.8, 4) is 0 Å². The van der Waals surface area contributed by atoms with E-state index in [-0.39, 0.29) is 5.54 Å². The van der Waals surface area contributed by atoms with E-state index in [1.807, 2.05) is 0 Å². The first-order valence-corrected chi connectivity index (χ1v) is 6.70. The highest BCUT2D eigenvalue weighted by molar-refractivity contribution is 9.10. The first kappa shape index (κ1) is 13.7. The van der Waals surface area contributed by atoms with Crippen LogP contribution in [0.25, 0.3) is 0 Å². The van der Waals surface area contributed by atoms with Gasteiger partial charge < -0.3 is 5.73 Å². The number of halogens is 1. The smallest absolute Gasteiger partial charge is 0.0212 e. The molecule has 1 unspecified atom stereocenters. The molecule has 0 aliphatic rings. The maximum absolute atomic E-state index is 6.03. The van der Waals surface area contributed by atoms with Gasteiger partial charge in [0, 0.05) is 10.0 Å². The number of benzene rings is 1. The molecule has 0 aliphatic carbocycles. The van der Waals surface area contributed by atoms with E-state index in [1.54, 1.807) is 0 Å². The zero-order valence-corrected chi connectivity index (χ0v) is 12.3. The summed E-state index contributed by atoms with van der Waals surface area (Å²) in [7, 11) is 0. The molecule has 16 heavy (non-hydrogen) atoms. The zero-order chi connectivity index (χ0) is 12.3. The van der Waals surface area contributed by atoms with Gasteiger partial charge in [-0.3, -0.25) is 0 Å². The van der Waals surface area contributed by atoms with Gasteiger partial charge in [0.15, 0.2) is 0 Å². The Kier molecular flexibility index (Phi) is 4.57. The monoisotopic (exact) mass is 283 g/mol. The van der Waals surface area contributed by atoms with Gasteiger partial charge in [-0.25, -0.2) is 0 Å². The van der Waals surface area contributed by atoms with Gasteiger partial charge in [0.2, 0.25) is 0 Å². The highest BCUT2D eigenvalue weighted by atomic mass is 79.9. The molecule has 0 saturated carbocycles. The molecule has 1 aromatic rings. The van der Waals surface area contributed by atoms with Crippen molar-refractivity contribution in [1.82, 2.24) is 0 Å². The van der Waals surface area contributed by atoms with Crippen LogP contribution >= 0.6 is 15.9 Å². The van der Waals surface area contributed by atoms with Gasteiger partial charge in [-0.05, 0) is 49.8 Å². The molecular formula is C14H22BrN. The van der Waals surface area contributed by atoms with Crippen molar-refractivity contribution in [2.24, 2.45) is 5.73 Å². The van der Waals surface area contributed by atoms with E-state index in [1.165, 1.54) is 22.0 Å². The second-order valence-electron chi connectivity index (χ2n) is 5.33. The SMILES string of the molecule is CCC(C)c1ccc(CC(C)(C)N)cc1Br. The molecule has 0 radical (unpaired) electrons. The summed E-state index contributed by atoms with van der Waals surface area (Å²) in [5, 5.41) is 0. The van der Waals surface area contributed by atoms with Crippen molar-refractivity contribution < 1.29 is 0 Å². The van der Waals surface area contributed by atoms with Gasteiger partial charge in [0.25, 0.3) is 0 Å². The van der Waals surface area contributed by atoms with Crippen LogP contribution < -0.4 is 5.73 Å². The lowest BCUT2D eigenvalue weighted by atomic mass is 9.93. The molecule has 0 amide bonds. The van der Waals surface area contributed by atoms with Crippen molar-refractivity contribution in [2.75, 3.05) is 0 Å². The fraction of sp³-hybridized carbons (Fsp3) is 0.571. The normalized spacial score (nSPS) is 13.9. The fourth-order valence-electron chi connectivity index (χ4n) is 1.83. The van der Waals surface area contributed by atoms with Gasteiger partial charge in [-0.15, -0.1) is 0 Å². The minimum Gasteiger partial charge on any atom is -0.325 e. The van der Waals surface area contributed by atoms with Crippen LogP contribution in [0.5, 0.6) is 0 Å². The summed E-state index contributed by atoms with van der Waals surface area (Å²) in [4.78, 5) is 0. The summed E-state index contributed by atoms with van der Waals surface area (Å²) in [6.07, 6.45) is 2.08. The van der Waals surface area contributed by atoms with Gasteiger partial charge >= 0.3 is 0 Å². The molecule has 0 aliphatic heterocycles. The maximum Gasteiger partial charge on any atom is 0.0212 e. The Hall–Kier alpha value is -0.340. The van der Waals surface area contributed by atoms with Crippen molar-refractivity contribution in [3.05, 3.63) is 33.8 Å². The Morgan fingerprint density at radius 2 is 2.00 bits per heavy atom. The molecule has 0 bridgehead atoms. The van der Waals surface area contributed by atoms with Crippen molar-refractivity contribution >= 4 is 15.9 Å². The van der Waals surface area contributed by atoms with E-state index < -0.39 is 0 Å². The summed E-state index contributed by atoms with van der Waals surface area (Å²) >= 11 is 3.66. The van der Waals surface area contributed by atoms with Crippen LogP contribution in [0.4, 0.5) is 0 Å². The van der Waals surface area contributed by atoms with Crippen LogP contribution in [-0.4, -0.2) is 5.54 Å². The largest absolute Gasteiger partial charge is 0.325 e. The molecule has 2 heteroatoms. The molecule has 2 N–H and O–H groups in total. The lowest BCUT2D eigenvalue weighted by molar-refractivity contribution is 0.516. The Labute approximate surface area is 108 Å². The number of hydrogen-bond acceptors (Lipinski definition) is 1. The zero-order valence-electron chi connectivity index (χ0n) is 10.7. The van der Waals surface area contributed by atoms with Crippen LogP contribution in [0.3, 0.4) is 0 Å². The van der Waals surface area contributed by atoms with Crippen molar-refractivity contribution in [1.29, 1.82) is 0 Å². The molecule has 1 rings (SSSR count). The molecule has 1 atom stereocenters. The standard InChI is InChI=1S/C14H22BrN/c1-5-10(2)12-7-6-11(8-13(12)15)9-14(3,4)16/h6-8,10H,5,9,16H2,1-4H3. The third-order valence-electron chi connectivity index (χ3n) is 2.87. The minimum absolute atomic E-state index is 0.142. The number of rotatable bonds is 4. The molecule has 0 heterocycles.